The molecular formula is C24H31BrF2N4O7S. The minimum Gasteiger partial charge on any atom is -0.394 e. The molecule has 0 spiro atoms. The third kappa shape index (κ3) is 6.15. The van der Waals surface area contributed by atoms with Crippen LogP contribution in [0.25, 0.3) is 11.3 Å². The molecule has 3 heterocycles. The number of ether oxygens (including phenoxy) is 2. The molecule has 2 aliphatic rings. The van der Waals surface area contributed by atoms with Crippen molar-refractivity contribution in [1.82, 2.24) is 19.9 Å². The minimum absolute atomic E-state index is 0.0742. The number of aliphatic hydroxyl groups excluding tert-OH is 3. The van der Waals surface area contributed by atoms with Crippen molar-refractivity contribution in [3.8, 4) is 11.3 Å². The molecule has 2 aliphatic heterocycles. The third-order valence-corrected chi connectivity index (χ3v) is 9.46. The molecule has 0 radical (unpaired) electrons. The predicted molar refractivity (Wildman–Crippen MR) is 140 cm³/mol. The van der Waals surface area contributed by atoms with Gasteiger partial charge in [-0.15, -0.1) is 16.9 Å². The number of aromatic nitrogens is 3. The first-order valence-corrected chi connectivity index (χ1v) is 14.1. The second kappa shape index (κ2) is 12.4. The lowest BCUT2D eigenvalue weighted by atomic mass is 9.89. The number of aliphatic hydroxyl groups is 4. The highest BCUT2D eigenvalue weighted by atomic mass is 79.9. The molecule has 15 heteroatoms. The number of carbonyl (C=O) groups is 1. The van der Waals surface area contributed by atoms with E-state index in [-0.39, 0.29) is 47.7 Å². The number of halogens is 3. The van der Waals surface area contributed by atoms with E-state index in [1.807, 2.05) is 0 Å². The molecule has 216 valence electrons. The summed E-state index contributed by atoms with van der Waals surface area (Å²) in [6.07, 6.45) is -2.41. The summed E-state index contributed by atoms with van der Waals surface area (Å²) in [4.78, 5) is 14.8. The van der Waals surface area contributed by atoms with Crippen LogP contribution < -0.4 is 0 Å². The Labute approximate surface area is 236 Å². The van der Waals surface area contributed by atoms with Crippen LogP contribution in [0.15, 0.2) is 22.8 Å². The first-order chi connectivity index (χ1) is 18.5. The summed E-state index contributed by atoms with van der Waals surface area (Å²) in [6.45, 7) is 2.07. The lowest BCUT2D eigenvalue weighted by Crippen LogP contribution is -2.58. The zero-order valence-corrected chi connectivity index (χ0v) is 23.7. The van der Waals surface area contributed by atoms with Crippen LogP contribution in [0.4, 0.5) is 8.78 Å². The molecule has 0 unspecified atom stereocenters. The largest absolute Gasteiger partial charge is 0.394 e. The van der Waals surface area contributed by atoms with E-state index in [1.165, 1.54) is 11.1 Å². The number of carbonyl (C=O) groups excluding carboxylic acids is 1. The SMILES string of the molecule is CCN(C)C(=O)[C@@H](S[C@@H]1O[C@H](CO)[C@H](O)[C@H](n2cc(-c3cc(F)c(Br)c(F)c3)nn2)[C@H]1O)C1(O)CCOCC1. The Morgan fingerprint density at radius 1 is 1.28 bits per heavy atom. The molecule has 1 aromatic heterocycles. The Morgan fingerprint density at radius 3 is 2.51 bits per heavy atom. The van der Waals surface area contributed by atoms with Gasteiger partial charge in [-0.05, 0) is 35.0 Å². The highest BCUT2D eigenvalue weighted by molar-refractivity contribution is 9.10. The van der Waals surface area contributed by atoms with E-state index in [0.717, 1.165) is 28.6 Å². The van der Waals surface area contributed by atoms with Gasteiger partial charge in [0, 0.05) is 45.2 Å². The van der Waals surface area contributed by atoms with E-state index in [2.05, 4.69) is 26.2 Å². The Bertz CT molecular complexity index is 1150. The molecule has 2 fully saturated rings. The molecular weight excluding hydrogens is 606 g/mol. The topological polar surface area (TPSA) is 150 Å². The van der Waals surface area contributed by atoms with Crippen molar-refractivity contribution in [2.75, 3.05) is 33.4 Å². The van der Waals surface area contributed by atoms with Crippen molar-refractivity contribution in [3.05, 3.63) is 34.4 Å². The summed E-state index contributed by atoms with van der Waals surface area (Å²) < 4.78 is 40.2. The molecule has 1 amide bonds. The second-order valence-corrected chi connectivity index (χ2v) is 11.6. The lowest BCUT2D eigenvalue weighted by molar-refractivity contribution is -0.179. The van der Waals surface area contributed by atoms with Gasteiger partial charge < -0.3 is 34.8 Å². The fourth-order valence-corrected chi connectivity index (χ4v) is 6.45. The van der Waals surface area contributed by atoms with E-state index < -0.39 is 58.9 Å². The van der Waals surface area contributed by atoms with Crippen molar-refractivity contribution < 1.29 is 43.5 Å². The fraction of sp³-hybridized carbons (Fsp3) is 0.625. The maximum Gasteiger partial charge on any atom is 0.238 e. The van der Waals surface area contributed by atoms with Gasteiger partial charge >= 0.3 is 0 Å². The minimum atomic E-state index is -1.48. The Balaban J connectivity index is 1.65. The average molecular weight is 638 g/mol. The van der Waals surface area contributed by atoms with Gasteiger partial charge in [0.1, 0.15) is 52.4 Å². The van der Waals surface area contributed by atoms with Gasteiger partial charge in [-0.25, -0.2) is 13.5 Å². The molecule has 6 atom stereocenters. The number of amides is 1. The van der Waals surface area contributed by atoms with Gasteiger partial charge in [0.25, 0.3) is 0 Å². The van der Waals surface area contributed by atoms with E-state index in [0.29, 0.717) is 6.54 Å². The maximum atomic E-state index is 14.1. The van der Waals surface area contributed by atoms with Crippen molar-refractivity contribution in [3.63, 3.8) is 0 Å². The second-order valence-electron chi connectivity index (χ2n) is 9.62. The summed E-state index contributed by atoms with van der Waals surface area (Å²) in [5.41, 5.74) is -2.46. The van der Waals surface area contributed by atoms with Crippen LogP contribution >= 0.6 is 27.7 Å². The molecule has 39 heavy (non-hydrogen) atoms. The van der Waals surface area contributed by atoms with Gasteiger partial charge in [0.05, 0.1) is 22.9 Å². The number of thioether (sulfide) groups is 1. The van der Waals surface area contributed by atoms with Crippen molar-refractivity contribution >= 4 is 33.6 Å². The van der Waals surface area contributed by atoms with Gasteiger partial charge in [-0.1, -0.05) is 5.21 Å². The molecule has 0 saturated carbocycles. The van der Waals surface area contributed by atoms with Crippen molar-refractivity contribution in [1.29, 1.82) is 0 Å². The molecule has 0 bridgehead atoms. The highest BCUT2D eigenvalue weighted by Gasteiger charge is 2.51. The van der Waals surface area contributed by atoms with E-state index >= 15 is 0 Å². The average Bonchev–Trinajstić information content (AvgIpc) is 3.40. The smallest absolute Gasteiger partial charge is 0.238 e. The predicted octanol–water partition coefficient (Wildman–Crippen LogP) is 1.09. The Hall–Kier alpha value is -1.72. The molecule has 2 aromatic rings. The van der Waals surface area contributed by atoms with Crippen LogP contribution in [-0.4, -0.2) is 114 Å². The van der Waals surface area contributed by atoms with Crippen LogP contribution in [0.1, 0.15) is 25.8 Å². The van der Waals surface area contributed by atoms with Crippen LogP contribution in [0.2, 0.25) is 0 Å². The molecule has 4 N–H and O–H groups in total. The zero-order chi connectivity index (χ0) is 28.5. The third-order valence-electron chi connectivity index (χ3n) is 7.14. The summed E-state index contributed by atoms with van der Waals surface area (Å²) in [6, 6.07) is 0.911. The van der Waals surface area contributed by atoms with Gasteiger partial charge in [-0.2, -0.15) is 0 Å². The number of hydrogen-bond acceptors (Lipinski definition) is 10. The summed E-state index contributed by atoms with van der Waals surface area (Å²) >= 11 is 3.72. The van der Waals surface area contributed by atoms with Crippen LogP contribution in [0.5, 0.6) is 0 Å². The van der Waals surface area contributed by atoms with E-state index in [1.54, 1.807) is 14.0 Å². The van der Waals surface area contributed by atoms with Crippen molar-refractivity contribution in [2.24, 2.45) is 0 Å². The Kier molecular flexibility index (Phi) is 9.64. The van der Waals surface area contributed by atoms with E-state index in [9.17, 15) is 34.0 Å². The molecule has 11 nitrogen and oxygen atoms in total. The first kappa shape index (κ1) is 30.2. The van der Waals surface area contributed by atoms with Gasteiger partial charge in [-0.3, -0.25) is 4.79 Å². The number of benzene rings is 1. The first-order valence-electron chi connectivity index (χ1n) is 12.4. The maximum absolute atomic E-state index is 14.1. The molecule has 0 aliphatic carbocycles. The molecule has 4 rings (SSSR count). The monoisotopic (exact) mass is 636 g/mol. The van der Waals surface area contributed by atoms with Gasteiger partial charge in [0.15, 0.2) is 0 Å². The normalized spacial score (nSPS) is 27.8. The highest BCUT2D eigenvalue weighted by Crippen LogP contribution is 2.42. The van der Waals surface area contributed by atoms with Crippen molar-refractivity contribution in [2.45, 2.75) is 60.4 Å². The summed E-state index contributed by atoms with van der Waals surface area (Å²) in [5.74, 6) is -2.06. The van der Waals surface area contributed by atoms with E-state index in [4.69, 9.17) is 9.47 Å². The standard InChI is InChI=1S/C24H31BrF2N4O7S/c1-3-30(2)22(35)21(24(36)4-6-37-7-5-24)39-23-20(34)18(19(33)16(11-32)38-23)31-10-15(28-29-31)12-8-13(26)17(25)14(27)9-12/h8-10,16,18-21,23,32-34,36H,3-7,11H2,1-2H3/t16-,18+,19+,20-,21-,23+/m1/s1. The summed E-state index contributed by atoms with van der Waals surface area (Å²) in [7, 11) is 1.60. The Morgan fingerprint density at radius 2 is 1.92 bits per heavy atom. The van der Waals surface area contributed by atoms with Gasteiger partial charge in [0.2, 0.25) is 5.91 Å². The van der Waals surface area contributed by atoms with Crippen LogP contribution in [-0.2, 0) is 14.3 Å². The molecule has 1 aromatic carbocycles. The molecule has 2 saturated heterocycles. The quantitative estimate of drug-likeness (QED) is 0.310. The zero-order valence-electron chi connectivity index (χ0n) is 21.3. The number of nitrogens with zero attached hydrogens (tertiary/aromatic N) is 4. The number of rotatable bonds is 8. The fourth-order valence-electron chi connectivity index (χ4n) is 4.64. The number of hydrogen-bond donors (Lipinski definition) is 4. The summed E-state index contributed by atoms with van der Waals surface area (Å²) in [5, 5.41) is 50.5. The van der Waals surface area contributed by atoms with Crippen LogP contribution in [0.3, 0.4) is 0 Å². The van der Waals surface area contributed by atoms with Crippen LogP contribution in [0, 0.1) is 11.6 Å². The lowest BCUT2D eigenvalue weighted by Gasteiger charge is -2.45.